The van der Waals surface area contributed by atoms with Crippen LogP contribution >= 0.6 is 0 Å². The quantitative estimate of drug-likeness (QED) is 0.836. The highest BCUT2D eigenvalue weighted by molar-refractivity contribution is 5.43. The molecular formula is C18H33N5. The molecule has 1 saturated heterocycles. The van der Waals surface area contributed by atoms with Crippen LogP contribution in [-0.2, 0) is 0 Å². The van der Waals surface area contributed by atoms with Gasteiger partial charge in [0, 0.05) is 37.9 Å². The minimum absolute atomic E-state index is 0.229. The third-order valence-electron chi connectivity index (χ3n) is 4.53. The fourth-order valence-corrected chi connectivity index (χ4v) is 2.96. The number of aromatic nitrogens is 2. The maximum absolute atomic E-state index is 4.68. The van der Waals surface area contributed by atoms with Gasteiger partial charge in [0.2, 0.25) is 5.95 Å². The number of nitrogens with one attached hydrogen (secondary N) is 1. The Bertz CT molecular complexity index is 506. The van der Waals surface area contributed by atoms with E-state index in [9.17, 15) is 0 Å². The number of aryl methyl sites for hydroxylation is 1. The second kappa shape index (κ2) is 7.47. The van der Waals surface area contributed by atoms with Crippen LogP contribution in [0.25, 0.3) is 0 Å². The van der Waals surface area contributed by atoms with Gasteiger partial charge in [-0.3, -0.25) is 0 Å². The summed E-state index contributed by atoms with van der Waals surface area (Å²) < 4.78 is 0. The summed E-state index contributed by atoms with van der Waals surface area (Å²) in [4.78, 5) is 13.9. The molecule has 1 aliphatic heterocycles. The first kappa shape index (κ1) is 18.0. The van der Waals surface area contributed by atoms with Crippen molar-refractivity contribution in [2.24, 2.45) is 5.41 Å². The smallest absolute Gasteiger partial charge is 0.227 e. The summed E-state index contributed by atoms with van der Waals surface area (Å²) in [5, 5.41) is 3.53. The van der Waals surface area contributed by atoms with E-state index in [0.717, 1.165) is 30.5 Å². The van der Waals surface area contributed by atoms with Crippen LogP contribution in [0.2, 0.25) is 0 Å². The Kier molecular flexibility index (Phi) is 5.84. The number of nitrogens with zero attached hydrogens (tertiary/aromatic N) is 4. The van der Waals surface area contributed by atoms with Crippen molar-refractivity contribution in [2.75, 3.05) is 43.4 Å². The minimum Gasteiger partial charge on any atom is -0.369 e. The predicted octanol–water partition coefficient (Wildman–Crippen LogP) is 3.16. The van der Waals surface area contributed by atoms with Crippen molar-refractivity contribution in [3.63, 3.8) is 0 Å². The number of likely N-dealkylation sites (tertiary alicyclic amines) is 1. The SMILES string of the molecule is Cc1cc(NCC(C)(C)CN2CCCC2)nc(N(C)C(C)C)n1. The molecule has 0 amide bonds. The maximum Gasteiger partial charge on any atom is 0.227 e. The van der Waals surface area contributed by atoms with Gasteiger partial charge in [-0.2, -0.15) is 4.98 Å². The zero-order valence-corrected chi connectivity index (χ0v) is 15.7. The van der Waals surface area contributed by atoms with Crippen LogP contribution < -0.4 is 10.2 Å². The molecular weight excluding hydrogens is 286 g/mol. The van der Waals surface area contributed by atoms with Gasteiger partial charge < -0.3 is 15.1 Å². The molecule has 1 N–H and O–H groups in total. The third-order valence-corrected chi connectivity index (χ3v) is 4.53. The molecule has 1 fully saturated rings. The summed E-state index contributed by atoms with van der Waals surface area (Å²) in [6.45, 7) is 15.5. The molecule has 0 bridgehead atoms. The van der Waals surface area contributed by atoms with E-state index >= 15 is 0 Å². The van der Waals surface area contributed by atoms with E-state index in [1.54, 1.807) is 0 Å². The minimum atomic E-state index is 0.229. The van der Waals surface area contributed by atoms with Crippen LogP contribution in [0.4, 0.5) is 11.8 Å². The van der Waals surface area contributed by atoms with Gasteiger partial charge in [-0.1, -0.05) is 13.8 Å². The molecule has 0 aliphatic carbocycles. The molecule has 2 heterocycles. The van der Waals surface area contributed by atoms with E-state index in [4.69, 9.17) is 0 Å². The summed E-state index contributed by atoms with van der Waals surface area (Å²) >= 11 is 0. The van der Waals surface area contributed by atoms with Crippen molar-refractivity contribution in [3.8, 4) is 0 Å². The second-order valence-corrected chi connectivity index (χ2v) is 7.90. The summed E-state index contributed by atoms with van der Waals surface area (Å²) in [5.74, 6) is 1.72. The summed E-state index contributed by atoms with van der Waals surface area (Å²) in [6, 6.07) is 2.42. The Labute approximate surface area is 141 Å². The number of anilines is 2. The fraction of sp³-hybridized carbons (Fsp3) is 0.778. The van der Waals surface area contributed by atoms with Gasteiger partial charge in [0.1, 0.15) is 5.82 Å². The van der Waals surface area contributed by atoms with Gasteiger partial charge in [0.15, 0.2) is 0 Å². The molecule has 1 aliphatic rings. The van der Waals surface area contributed by atoms with Gasteiger partial charge in [0.25, 0.3) is 0 Å². The van der Waals surface area contributed by atoms with E-state index in [1.165, 1.54) is 25.9 Å². The molecule has 0 unspecified atom stereocenters. The van der Waals surface area contributed by atoms with Crippen LogP contribution in [0, 0.1) is 12.3 Å². The van der Waals surface area contributed by atoms with Crippen molar-refractivity contribution in [3.05, 3.63) is 11.8 Å². The lowest BCUT2D eigenvalue weighted by Gasteiger charge is -2.30. The number of hydrogen-bond acceptors (Lipinski definition) is 5. The highest BCUT2D eigenvalue weighted by atomic mass is 15.3. The van der Waals surface area contributed by atoms with Gasteiger partial charge >= 0.3 is 0 Å². The topological polar surface area (TPSA) is 44.3 Å². The predicted molar refractivity (Wildman–Crippen MR) is 98.3 cm³/mol. The Hall–Kier alpha value is -1.36. The zero-order valence-electron chi connectivity index (χ0n) is 15.7. The lowest BCUT2D eigenvalue weighted by molar-refractivity contribution is 0.220. The molecule has 0 aromatic carbocycles. The summed E-state index contributed by atoms with van der Waals surface area (Å²) in [5.41, 5.74) is 1.23. The van der Waals surface area contributed by atoms with E-state index in [2.05, 4.69) is 52.8 Å². The van der Waals surface area contributed by atoms with Crippen LogP contribution in [0.15, 0.2) is 6.07 Å². The van der Waals surface area contributed by atoms with Crippen LogP contribution in [-0.4, -0.2) is 54.1 Å². The Morgan fingerprint density at radius 1 is 1.26 bits per heavy atom. The Morgan fingerprint density at radius 3 is 2.52 bits per heavy atom. The van der Waals surface area contributed by atoms with Crippen molar-refractivity contribution in [1.29, 1.82) is 0 Å². The zero-order chi connectivity index (χ0) is 17.0. The van der Waals surface area contributed by atoms with E-state index in [1.807, 2.05) is 20.0 Å². The summed E-state index contributed by atoms with van der Waals surface area (Å²) in [7, 11) is 2.04. The molecule has 0 atom stereocenters. The molecule has 0 radical (unpaired) electrons. The lowest BCUT2D eigenvalue weighted by Crippen LogP contribution is -2.37. The normalized spacial score (nSPS) is 16.1. The maximum atomic E-state index is 4.68. The molecule has 2 rings (SSSR count). The Balaban J connectivity index is 1.98. The fourth-order valence-electron chi connectivity index (χ4n) is 2.96. The number of rotatable bonds is 7. The first-order valence-corrected chi connectivity index (χ1v) is 8.81. The highest BCUT2D eigenvalue weighted by Crippen LogP contribution is 2.22. The molecule has 1 aromatic heterocycles. The largest absolute Gasteiger partial charge is 0.369 e. The monoisotopic (exact) mass is 319 g/mol. The Morgan fingerprint density at radius 2 is 1.91 bits per heavy atom. The first-order chi connectivity index (χ1) is 10.8. The van der Waals surface area contributed by atoms with Crippen molar-refractivity contribution in [2.45, 2.75) is 53.5 Å². The molecule has 0 spiro atoms. The average Bonchev–Trinajstić information content (AvgIpc) is 2.96. The molecule has 5 nitrogen and oxygen atoms in total. The van der Waals surface area contributed by atoms with Crippen LogP contribution in [0.5, 0.6) is 0 Å². The van der Waals surface area contributed by atoms with Crippen molar-refractivity contribution in [1.82, 2.24) is 14.9 Å². The highest BCUT2D eigenvalue weighted by Gasteiger charge is 2.24. The molecule has 0 saturated carbocycles. The van der Waals surface area contributed by atoms with Crippen molar-refractivity contribution < 1.29 is 0 Å². The van der Waals surface area contributed by atoms with E-state index in [-0.39, 0.29) is 5.41 Å². The molecule has 23 heavy (non-hydrogen) atoms. The lowest BCUT2D eigenvalue weighted by atomic mass is 9.93. The second-order valence-electron chi connectivity index (χ2n) is 7.90. The van der Waals surface area contributed by atoms with E-state index in [0.29, 0.717) is 6.04 Å². The van der Waals surface area contributed by atoms with Gasteiger partial charge in [0.05, 0.1) is 0 Å². The van der Waals surface area contributed by atoms with Gasteiger partial charge in [-0.25, -0.2) is 4.98 Å². The van der Waals surface area contributed by atoms with Gasteiger partial charge in [-0.15, -0.1) is 0 Å². The van der Waals surface area contributed by atoms with E-state index < -0.39 is 0 Å². The molecule has 1 aromatic rings. The van der Waals surface area contributed by atoms with Gasteiger partial charge in [-0.05, 0) is 52.1 Å². The third kappa shape index (κ3) is 5.34. The standard InChI is InChI=1S/C18H33N5/c1-14(2)22(6)17-20-15(3)11-16(21-17)19-12-18(4,5)13-23-9-7-8-10-23/h11,14H,7-10,12-13H2,1-6H3,(H,19,20,21). The summed E-state index contributed by atoms with van der Waals surface area (Å²) in [6.07, 6.45) is 2.69. The van der Waals surface area contributed by atoms with Crippen LogP contribution in [0.1, 0.15) is 46.2 Å². The molecule has 130 valence electrons. The first-order valence-electron chi connectivity index (χ1n) is 8.81. The molecule has 5 heteroatoms. The average molecular weight is 319 g/mol. The van der Waals surface area contributed by atoms with Crippen LogP contribution in [0.3, 0.4) is 0 Å². The van der Waals surface area contributed by atoms with Crippen molar-refractivity contribution >= 4 is 11.8 Å². The number of hydrogen-bond donors (Lipinski definition) is 1.